The SMILES string of the molecule is C[C@H]1CN(Cc2ccccn2)CC[C@@H]1NCCc1cc(F)ccc1F. The quantitative estimate of drug-likeness (QED) is 0.870. The normalized spacial score (nSPS) is 21.4. The van der Waals surface area contributed by atoms with Crippen molar-refractivity contribution in [2.75, 3.05) is 19.6 Å². The first-order valence-electron chi connectivity index (χ1n) is 8.91. The summed E-state index contributed by atoms with van der Waals surface area (Å²) < 4.78 is 26.9. The van der Waals surface area contributed by atoms with Crippen LogP contribution >= 0.6 is 0 Å². The molecule has 0 unspecified atom stereocenters. The fourth-order valence-corrected chi connectivity index (χ4v) is 3.53. The average molecular weight is 345 g/mol. The maximum atomic E-state index is 13.7. The average Bonchev–Trinajstić information content (AvgIpc) is 2.61. The summed E-state index contributed by atoms with van der Waals surface area (Å²) in [5.41, 5.74) is 1.54. The summed E-state index contributed by atoms with van der Waals surface area (Å²) in [4.78, 5) is 6.82. The first kappa shape index (κ1) is 18.0. The van der Waals surface area contributed by atoms with Gasteiger partial charge in [0, 0.05) is 31.9 Å². The zero-order chi connectivity index (χ0) is 17.6. The molecular weight excluding hydrogens is 320 g/mol. The van der Waals surface area contributed by atoms with Crippen LogP contribution < -0.4 is 5.32 Å². The molecular formula is C20H25F2N3. The molecule has 2 atom stereocenters. The highest BCUT2D eigenvalue weighted by molar-refractivity contribution is 5.19. The van der Waals surface area contributed by atoms with Gasteiger partial charge in [0.2, 0.25) is 0 Å². The first-order chi connectivity index (χ1) is 12.1. The highest BCUT2D eigenvalue weighted by Crippen LogP contribution is 2.19. The summed E-state index contributed by atoms with van der Waals surface area (Å²) in [7, 11) is 0. The lowest BCUT2D eigenvalue weighted by Gasteiger charge is -2.37. The minimum Gasteiger partial charge on any atom is -0.313 e. The van der Waals surface area contributed by atoms with Gasteiger partial charge >= 0.3 is 0 Å². The van der Waals surface area contributed by atoms with Gasteiger partial charge in [0.05, 0.1) is 5.69 Å². The van der Waals surface area contributed by atoms with Gasteiger partial charge in [-0.3, -0.25) is 9.88 Å². The molecule has 0 spiro atoms. The number of rotatable bonds is 6. The van der Waals surface area contributed by atoms with E-state index in [1.807, 2.05) is 18.3 Å². The second-order valence-electron chi connectivity index (χ2n) is 6.87. The van der Waals surface area contributed by atoms with Crippen LogP contribution in [0.4, 0.5) is 8.78 Å². The van der Waals surface area contributed by atoms with Crippen molar-refractivity contribution in [3.05, 3.63) is 65.5 Å². The topological polar surface area (TPSA) is 28.2 Å². The molecule has 1 N–H and O–H groups in total. The second-order valence-corrected chi connectivity index (χ2v) is 6.87. The van der Waals surface area contributed by atoms with Gasteiger partial charge in [0.25, 0.3) is 0 Å². The molecule has 5 heteroatoms. The van der Waals surface area contributed by atoms with E-state index in [1.165, 1.54) is 12.1 Å². The Hall–Kier alpha value is -1.85. The van der Waals surface area contributed by atoms with Gasteiger partial charge in [0.1, 0.15) is 11.6 Å². The number of hydrogen-bond acceptors (Lipinski definition) is 3. The lowest BCUT2D eigenvalue weighted by molar-refractivity contribution is 0.140. The molecule has 0 bridgehead atoms. The molecule has 25 heavy (non-hydrogen) atoms. The maximum absolute atomic E-state index is 13.7. The Kier molecular flexibility index (Phi) is 6.10. The number of likely N-dealkylation sites (tertiary alicyclic amines) is 1. The predicted molar refractivity (Wildman–Crippen MR) is 95.1 cm³/mol. The fourth-order valence-electron chi connectivity index (χ4n) is 3.53. The number of aromatic nitrogens is 1. The molecule has 3 nitrogen and oxygen atoms in total. The Morgan fingerprint density at radius 1 is 1.24 bits per heavy atom. The van der Waals surface area contributed by atoms with Gasteiger partial charge in [-0.15, -0.1) is 0 Å². The first-order valence-corrected chi connectivity index (χ1v) is 8.91. The van der Waals surface area contributed by atoms with Crippen molar-refractivity contribution in [1.29, 1.82) is 0 Å². The van der Waals surface area contributed by atoms with E-state index in [9.17, 15) is 8.78 Å². The lowest BCUT2D eigenvalue weighted by Crippen LogP contribution is -2.48. The number of nitrogens with one attached hydrogen (secondary N) is 1. The minimum absolute atomic E-state index is 0.332. The number of piperidine rings is 1. The minimum atomic E-state index is -0.382. The number of benzene rings is 1. The third kappa shape index (κ3) is 5.06. The molecule has 0 aliphatic carbocycles. The van der Waals surface area contributed by atoms with Crippen LogP contribution in [-0.4, -0.2) is 35.6 Å². The monoisotopic (exact) mass is 345 g/mol. The van der Waals surface area contributed by atoms with Gasteiger partial charge in [-0.1, -0.05) is 13.0 Å². The number of pyridine rings is 1. The van der Waals surface area contributed by atoms with Crippen molar-refractivity contribution in [2.45, 2.75) is 32.4 Å². The summed E-state index contributed by atoms with van der Waals surface area (Å²) in [5, 5.41) is 3.52. The van der Waals surface area contributed by atoms with Crippen molar-refractivity contribution in [1.82, 2.24) is 15.2 Å². The maximum Gasteiger partial charge on any atom is 0.126 e. The highest BCUT2D eigenvalue weighted by atomic mass is 19.1. The van der Waals surface area contributed by atoms with Gasteiger partial charge in [-0.25, -0.2) is 8.78 Å². The van der Waals surface area contributed by atoms with Crippen LogP contribution in [0.3, 0.4) is 0 Å². The lowest BCUT2D eigenvalue weighted by atomic mass is 9.93. The molecule has 2 heterocycles. The number of hydrogen-bond donors (Lipinski definition) is 1. The van der Waals surface area contributed by atoms with Crippen LogP contribution in [0.2, 0.25) is 0 Å². The van der Waals surface area contributed by atoms with Gasteiger partial charge in [0.15, 0.2) is 0 Å². The number of halogens is 2. The zero-order valence-corrected chi connectivity index (χ0v) is 14.6. The molecule has 1 aromatic carbocycles. The predicted octanol–water partition coefficient (Wildman–Crippen LogP) is 3.40. The third-order valence-electron chi connectivity index (χ3n) is 4.91. The molecule has 0 amide bonds. The summed E-state index contributed by atoms with van der Waals surface area (Å²) in [5.74, 6) is -0.205. The van der Waals surface area contributed by atoms with Crippen molar-refractivity contribution in [3.63, 3.8) is 0 Å². The van der Waals surface area contributed by atoms with Crippen molar-refractivity contribution < 1.29 is 8.78 Å². The highest BCUT2D eigenvalue weighted by Gasteiger charge is 2.25. The van der Waals surface area contributed by atoms with Gasteiger partial charge < -0.3 is 5.32 Å². The van der Waals surface area contributed by atoms with Crippen LogP contribution in [0.25, 0.3) is 0 Å². The molecule has 1 aromatic heterocycles. The van der Waals surface area contributed by atoms with Gasteiger partial charge in [-0.2, -0.15) is 0 Å². The summed E-state index contributed by atoms with van der Waals surface area (Å²) in [6, 6.07) is 10.1. The van der Waals surface area contributed by atoms with E-state index in [4.69, 9.17) is 0 Å². The van der Waals surface area contributed by atoms with Gasteiger partial charge in [-0.05, 0) is 61.2 Å². The fraction of sp³-hybridized carbons (Fsp3) is 0.450. The van der Waals surface area contributed by atoms with E-state index < -0.39 is 0 Å². The van der Waals surface area contributed by atoms with Crippen LogP contribution in [-0.2, 0) is 13.0 Å². The molecule has 1 aliphatic rings. The molecule has 0 radical (unpaired) electrons. The standard InChI is InChI=1S/C20H25F2N3/c1-15-13-25(14-18-4-2-3-9-23-18)11-8-20(15)24-10-7-16-12-17(21)5-6-19(16)22/h2-6,9,12,15,20,24H,7-8,10-11,13-14H2,1H3/t15-,20-/m0/s1. The van der Waals surface area contributed by atoms with E-state index in [1.54, 1.807) is 0 Å². The van der Waals surface area contributed by atoms with E-state index >= 15 is 0 Å². The third-order valence-corrected chi connectivity index (χ3v) is 4.91. The van der Waals surface area contributed by atoms with Crippen molar-refractivity contribution >= 4 is 0 Å². The molecule has 134 valence electrons. The molecule has 1 aliphatic heterocycles. The molecule has 1 saturated heterocycles. The Balaban J connectivity index is 1.45. The van der Waals surface area contributed by atoms with Crippen LogP contribution in [0.15, 0.2) is 42.6 Å². The van der Waals surface area contributed by atoms with Crippen LogP contribution in [0.1, 0.15) is 24.6 Å². The molecule has 3 rings (SSSR count). The summed E-state index contributed by atoms with van der Waals surface area (Å²) >= 11 is 0. The van der Waals surface area contributed by atoms with E-state index in [0.29, 0.717) is 30.5 Å². The Morgan fingerprint density at radius 3 is 2.88 bits per heavy atom. The Labute approximate surface area is 148 Å². The Bertz CT molecular complexity index is 678. The number of nitrogens with zero attached hydrogens (tertiary/aromatic N) is 2. The van der Waals surface area contributed by atoms with E-state index in [2.05, 4.69) is 28.2 Å². The Morgan fingerprint density at radius 2 is 2.12 bits per heavy atom. The van der Waals surface area contributed by atoms with Crippen LogP contribution in [0.5, 0.6) is 0 Å². The largest absolute Gasteiger partial charge is 0.313 e. The molecule has 2 aromatic rings. The van der Waals surface area contributed by atoms with Crippen LogP contribution in [0, 0.1) is 17.6 Å². The summed E-state index contributed by atoms with van der Waals surface area (Å²) in [6.45, 7) is 5.82. The smallest absolute Gasteiger partial charge is 0.126 e. The van der Waals surface area contributed by atoms with Crippen molar-refractivity contribution in [2.24, 2.45) is 5.92 Å². The molecule has 1 fully saturated rings. The zero-order valence-electron chi connectivity index (χ0n) is 14.6. The van der Waals surface area contributed by atoms with E-state index in [-0.39, 0.29) is 11.6 Å². The van der Waals surface area contributed by atoms with E-state index in [0.717, 1.165) is 37.8 Å². The second kappa shape index (κ2) is 8.50. The summed E-state index contributed by atoms with van der Waals surface area (Å²) in [6.07, 6.45) is 3.39. The van der Waals surface area contributed by atoms with Crippen molar-refractivity contribution in [3.8, 4) is 0 Å². The molecule has 0 saturated carbocycles.